The van der Waals surface area contributed by atoms with E-state index in [1.165, 1.54) is 18.5 Å². The van der Waals surface area contributed by atoms with Gasteiger partial charge in [0.25, 0.3) is 5.56 Å². The summed E-state index contributed by atoms with van der Waals surface area (Å²) in [5.74, 6) is 0.306. The van der Waals surface area contributed by atoms with Crippen LogP contribution >= 0.6 is 12.4 Å². The van der Waals surface area contributed by atoms with Gasteiger partial charge in [0.2, 0.25) is 0 Å². The van der Waals surface area contributed by atoms with Crippen LogP contribution in [0.5, 0.6) is 11.5 Å². The zero-order valence-electron chi connectivity index (χ0n) is 26.6. The van der Waals surface area contributed by atoms with E-state index in [9.17, 15) is 14.4 Å². The summed E-state index contributed by atoms with van der Waals surface area (Å²) < 4.78 is 23.4. The Morgan fingerprint density at radius 2 is 1.48 bits per heavy atom. The van der Waals surface area contributed by atoms with E-state index in [0.29, 0.717) is 50.2 Å². The van der Waals surface area contributed by atoms with Gasteiger partial charge in [-0.1, -0.05) is 18.2 Å². The lowest BCUT2D eigenvalue weighted by molar-refractivity contribution is -0.143. The molecule has 3 aromatic carbocycles. The number of hydrogen-bond donors (Lipinski definition) is 0. The number of methoxy groups -OCH3 is 2. The number of carbonyl (C=O) groups is 2. The number of carbonyl (C=O) groups excluding carboxylic acids is 2. The molecule has 0 amide bonds. The number of ether oxygens (including phenoxy) is 4. The zero-order chi connectivity index (χ0) is 33.1. The first-order valence-electron chi connectivity index (χ1n) is 14.7. The molecule has 0 aliphatic rings. The van der Waals surface area contributed by atoms with E-state index in [0.717, 1.165) is 16.3 Å². The Hall–Kier alpha value is -5.81. The van der Waals surface area contributed by atoms with Crippen LogP contribution in [-0.4, -0.2) is 45.9 Å². The van der Waals surface area contributed by atoms with Crippen LogP contribution in [0.25, 0.3) is 49.7 Å². The standard InChI is InChI=1S/C36H30N4O7.ClH/c1-21(41)46-19-26-14-25-15-31(44-3)32(45-4)17-29(25)34(30(26)20-47-22(2)42)23-11-13-38-33(16-23)40-36(43)28-10-6-5-9-27(28)35(39-40)24-8-7-12-37-18-24;/h5-18H,19-20H2,1-4H3;1H. The number of rotatable bonds is 9. The van der Waals surface area contributed by atoms with Crippen molar-refractivity contribution >= 4 is 45.9 Å². The predicted molar refractivity (Wildman–Crippen MR) is 183 cm³/mol. The molecule has 0 saturated heterocycles. The third-order valence-corrected chi connectivity index (χ3v) is 7.69. The van der Waals surface area contributed by atoms with Gasteiger partial charge in [-0.05, 0) is 76.0 Å². The van der Waals surface area contributed by atoms with Crippen LogP contribution in [0.4, 0.5) is 0 Å². The summed E-state index contributed by atoms with van der Waals surface area (Å²) in [5.41, 5.74) is 3.49. The first kappa shape index (κ1) is 33.6. The van der Waals surface area contributed by atoms with Crippen LogP contribution in [0.15, 0.2) is 90.1 Å². The molecular formula is C36H31ClN4O7. The molecular weight excluding hydrogens is 636 g/mol. The predicted octanol–water partition coefficient (Wildman–Crippen LogP) is 6.23. The fourth-order valence-corrected chi connectivity index (χ4v) is 5.56. The topological polar surface area (TPSA) is 132 Å². The first-order valence-corrected chi connectivity index (χ1v) is 14.7. The minimum absolute atomic E-state index is 0. The molecule has 0 N–H and O–H groups in total. The fraction of sp³-hybridized carbons (Fsp3) is 0.167. The van der Waals surface area contributed by atoms with Gasteiger partial charge >= 0.3 is 11.9 Å². The highest BCUT2D eigenvalue weighted by atomic mass is 35.5. The van der Waals surface area contributed by atoms with Crippen LogP contribution in [0, 0.1) is 0 Å². The quantitative estimate of drug-likeness (QED) is 0.164. The molecule has 0 atom stereocenters. The molecule has 6 aromatic rings. The molecule has 0 saturated carbocycles. The average Bonchev–Trinajstić information content (AvgIpc) is 3.09. The summed E-state index contributed by atoms with van der Waals surface area (Å²) >= 11 is 0. The van der Waals surface area contributed by atoms with Gasteiger partial charge in [0.05, 0.1) is 19.6 Å². The lowest BCUT2D eigenvalue weighted by Gasteiger charge is -2.20. The summed E-state index contributed by atoms with van der Waals surface area (Å²) in [5, 5.41) is 7.42. The molecule has 11 nitrogen and oxygen atoms in total. The Bertz CT molecular complexity index is 2220. The lowest BCUT2D eigenvalue weighted by atomic mass is 9.90. The van der Waals surface area contributed by atoms with Crippen molar-refractivity contribution in [1.29, 1.82) is 0 Å². The number of nitrogens with zero attached hydrogens (tertiary/aromatic N) is 4. The van der Waals surface area contributed by atoms with Crippen molar-refractivity contribution in [2.24, 2.45) is 0 Å². The van der Waals surface area contributed by atoms with Gasteiger partial charge in [-0.25, -0.2) is 4.98 Å². The maximum atomic E-state index is 13.9. The minimum Gasteiger partial charge on any atom is -0.493 e. The third kappa shape index (κ3) is 6.53. The molecule has 244 valence electrons. The molecule has 0 radical (unpaired) electrons. The summed E-state index contributed by atoms with van der Waals surface area (Å²) in [6, 6.07) is 20.0. The van der Waals surface area contributed by atoms with Crippen molar-refractivity contribution in [3.63, 3.8) is 0 Å². The summed E-state index contributed by atoms with van der Waals surface area (Å²) in [6.07, 6.45) is 4.94. The largest absolute Gasteiger partial charge is 0.493 e. The van der Waals surface area contributed by atoms with E-state index < -0.39 is 11.9 Å². The highest BCUT2D eigenvalue weighted by Crippen LogP contribution is 2.41. The van der Waals surface area contributed by atoms with Gasteiger partial charge < -0.3 is 18.9 Å². The molecule has 0 aliphatic carbocycles. The Morgan fingerprint density at radius 3 is 2.17 bits per heavy atom. The van der Waals surface area contributed by atoms with E-state index in [1.54, 1.807) is 57.1 Å². The number of esters is 2. The zero-order valence-corrected chi connectivity index (χ0v) is 27.4. The highest BCUT2D eigenvalue weighted by Gasteiger charge is 2.21. The maximum absolute atomic E-state index is 13.9. The third-order valence-electron chi connectivity index (χ3n) is 7.69. The molecule has 0 bridgehead atoms. The minimum atomic E-state index is -0.480. The van der Waals surface area contributed by atoms with Crippen molar-refractivity contribution < 1.29 is 28.5 Å². The van der Waals surface area contributed by atoms with Crippen LogP contribution in [-0.2, 0) is 32.3 Å². The maximum Gasteiger partial charge on any atom is 0.302 e. The second-order valence-electron chi connectivity index (χ2n) is 10.6. The number of aromatic nitrogens is 4. The molecule has 3 aromatic heterocycles. The smallest absolute Gasteiger partial charge is 0.302 e. The molecule has 3 heterocycles. The number of pyridine rings is 2. The summed E-state index contributed by atoms with van der Waals surface area (Å²) in [6.45, 7) is 2.47. The fourth-order valence-electron chi connectivity index (χ4n) is 5.56. The van der Waals surface area contributed by atoms with Gasteiger partial charge in [-0.3, -0.25) is 19.4 Å². The molecule has 12 heteroatoms. The van der Waals surface area contributed by atoms with Gasteiger partial charge in [0.15, 0.2) is 17.3 Å². The number of halogens is 1. The average molecular weight is 667 g/mol. The molecule has 0 spiro atoms. The second kappa shape index (κ2) is 14.3. The Labute approximate surface area is 281 Å². The van der Waals surface area contributed by atoms with Crippen LogP contribution in [0.3, 0.4) is 0 Å². The molecule has 0 fully saturated rings. The first-order chi connectivity index (χ1) is 22.8. The number of fused-ring (bicyclic) bond motifs is 2. The number of benzene rings is 3. The van der Waals surface area contributed by atoms with Gasteiger partial charge in [-0.15, -0.1) is 12.4 Å². The van der Waals surface area contributed by atoms with Crippen LogP contribution < -0.4 is 15.0 Å². The molecule has 0 aliphatic heterocycles. The number of hydrogen-bond acceptors (Lipinski definition) is 10. The van der Waals surface area contributed by atoms with Crippen LogP contribution in [0.2, 0.25) is 0 Å². The van der Waals surface area contributed by atoms with Crippen molar-refractivity contribution in [3.05, 3.63) is 107 Å². The SMILES string of the molecule is COc1cc2cc(COC(C)=O)c(COC(C)=O)c(-c3ccnc(-n4nc(-c5cccnc5)c5ccccc5c4=O)c3)c2cc1OC.Cl. The Kier molecular flexibility index (Phi) is 10.0. The van der Waals surface area contributed by atoms with E-state index in [1.807, 2.05) is 42.5 Å². The van der Waals surface area contributed by atoms with Crippen molar-refractivity contribution in [2.75, 3.05) is 14.2 Å². The van der Waals surface area contributed by atoms with E-state index in [-0.39, 0.29) is 37.0 Å². The van der Waals surface area contributed by atoms with Crippen molar-refractivity contribution in [3.8, 4) is 39.7 Å². The van der Waals surface area contributed by atoms with E-state index in [2.05, 4.69) is 9.97 Å². The summed E-state index contributed by atoms with van der Waals surface area (Å²) in [7, 11) is 3.09. The van der Waals surface area contributed by atoms with Crippen LogP contribution in [0.1, 0.15) is 25.0 Å². The monoisotopic (exact) mass is 666 g/mol. The molecule has 0 unspecified atom stereocenters. The second-order valence-corrected chi connectivity index (χ2v) is 10.6. The normalized spacial score (nSPS) is 10.8. The van der Waals surface area contributed by atoms with E-state index in [4.69, 9.17) is 24.0 Å². The Balaban J connectivity index is 0.00000451. The molecule has 6 rings (SSSR count). The van der Waals surface area contributed by atoms with E-state index >= 15 is 0 Å². The van der Waals surface area contributed by atoms with Crippen molar-refractivity contribution in [1.82, 2.24) is 19.7 Å². The Morgan fingerprint density at radius 1 is 0.771 bits per heavy atom. The highest BCUT2D eigenvalue weighted by molar-refractivity contribution is 6.01. The van der Waals surface area contributed by atoms with Gasteiger partial charge in [0, 0.05) is 49.0 Å². The van der Waals surface area contributed by atoms with Gasteiger partial charge in [-0.2, -0.15) is 9.78 Å². The van der Waals surface area contributed by atoms with Crippen molar-refractivity contribution in [2.45, 2.75) is 27.1 Å². The summed E-state index contributed by atoms with van der Waals surface area (Å²) in [4.78, 5) is 46.6. The van der Waals surface area contributed by atoms with Gasteiger partial charge in [0.1, 0.15) is 18.9 Å². The lowest BCUT2D eigenvalue weighted by Crippen LogP contribution is -2.23. The molecule has 48 heavy (non-hydrogen) atoms.